The Labute approximate surface area is 213 Å². The van der Waals surface area contributed by atoms with E-state index < -0.39 is 0 Å². The number of rotatable bonds is 7. The SMILES string of the molecule is C=C(/C=C\C)c1c(C(C)(CC)CC)ccc(N(C)c2ccc3c(c2)-c2ccccc2C3(C)C)c1C. The zero-order chi connectivity index (χ0) is 25.5. The quantitative estimate of drug-likeness (QED) is 0.315. The molecule has 0 unspecified atom stereocenters. The average molecular weight is 464 g/mol. The van der Waals surface area contributed by atoms with Gasteiger partial charge in [-0.2, -0.15) is 0 Å². The van der Waals surface area contributed by atoms with Gasteiger partial charge in [0.05, 0.1) is 0 Å². The van der Waals surface area contributed by atoms with Gasteiger partial charge in [0.2, 0.25) is 0 Å². The summed E-state index contributed by atoms with van der Waals surface area (Å²) in [5.74, 6) is 0. The van der Waals surface area contributed by atoms with Crippen LogP contribution in [0.3, 0.4) is 0 Å². The maximum Gasteiger partial charge on any atom is 0.0444 e. The third kappa shape index (κ3) is 3.96. The van der Waals surface area contributed by atoms with Crippen LogP contribution in [0.1, 0.15) is 82.2 Å². The molecule has 182 valence electrons. The lowest BCUT2D eigenvalue weighted by Gasteiger charge is -2.33. The summed E-state index contributed by atoms with van der Waals surface area (Å²) in [4.78, 5) is 2.34. The van der Waals surface area contributed by atoms with Crippen LogP contribution in [0.25, 0.3) is 16.7 Å². The monoisotopic (exact) mass is 463 g/mol. The molecule has 1 aliphatic carbocycles. The lowest BCUT2D eigenvalue weighted by Crippen LogP contribution is -2.23. The number of fused-ring (bicyclic) bond motifs is 3. The molecule has 35 heavy (non-hydrogen) atoms. The number of benzene rings is 3. The summed E-state index contributed by atoms with van der Waals surface area (Å²) < 4.78 is 0. The van der Waals surface area contributed by atoms with Gasteiger partial charge < -0.3 is 4.90 Å². The summed E-state index contributed by atoms with van der Waals surface area (Å²) >= 11 is 0. The van der Waals surface area contributed by atoms with E-state index in [-0.39, 0.29) is 10.8 Å². The van der Waals surface area contributed by atoms with E-state index in [1.807, 2.05) is 0 Å². The fraction of sp³-hybridized carbons (Fsp3) is 0.353. The molecule has 0 atom stereocenters. The summed E-state index contributed by atoms with van der Waals surface area (Å²) in [6.07, 6.45) is 6.45. The van der Waals surface area contributed by atoms with Gasteiger partial charge in [-0.15, -0.1) is 0 Å². The first-order valence-electron chi connectivity index (χ1n) is 13.0. The number of nitrogens with zero attached hydrogens (tertiary/aromatic N) is 1. The highest BCUT2D eigenvalue weighted by Crippen LogP contribution is 2.50. The minimum absolute atomic E-state index is 0.0305. The second kappa shape index (κ2) is 9.19. The van der Waals surface area contributed by atoms with Crippen LogP contribution in [-0.2, 0) is 10.8 Å². The normalized spacial score (nSPS) is 14.2. The van der Waals surface area contributed by atoms with Gasteiger partial charge in [-0.1, -0.05) is 89.7 Å². The molecule has 0 amide bonds. The van der Waals surface area contributed by atoms with Crippen molar-refractivity contribution >= 4 is 16.9 Å². The van der Waals surface area contributed by atoms with Gasteiger partial charge in [0.1, 0.15) is 0 Å². The molecule has 1 nitrogen and oxygen atoms in total. The minimum Gasteiger partial charge on any atom is -0.344 e. The van der Waals surface area contributed by atoms with E-state index in [1.54, 1.807) is 0 Å². The second-order valence-electron chi connectivity index (χ2n) is 10.9. The van der Waals surface area contributed by atoms with Gasteiger partial charge in [-0.05, 0) is 94.8 Å². The number of allylic oxidation sites excluding steroid dienone is 3. The Hall–Kier alpha value is -3.06. The molecule has 0 radical (unpaired) electrons. The van der Waals surface area contributed by atoms with Gasteiger partial charge in [-0.3, -0.25) is 0 Å². The average Bonchev–Trinajstić information content (AvgIpc) is 3.09. The number of anilines is 2. The predicted molar refractivity (Wildman–Crippen MR) is 155 cm³/mol. The van der Waals surface area contributed by atoms with Crippen molar-refractivity contribution in [1.29, 1.82) is 0 Å². The van der Waals surface area contributed by atoms with Crippen molar-refractivity contribution in [2.24, 2.45) is 0 Å². The van der Waals surface area contributed by atoms with Crippen molar-refractivity contribution in [3.8, 4) is 11.1 Å². The zero-order valence-corrected chi connectivity index (χ0v) is 22.9. The van der Waals surface area contributed by atoms with Crippen molar-refractivity contribution in [3.63, 3.8) is 0 Å². The van der Waals surface area contributed by atoms with Gasteiger partial charge in [0.15, 0.2) is 0 Å². The Morgan fingerprint density at radius 3 is 2.29 bits per heavy atom. The highest BCUT2D eigenvalue weighted by molar-refractivity contribution is 5.86. The van der Waals surface area contributed by atoms with E-state index in [1.165, 1.54) is 50.3 Å². The van der Waals surface area contributed by atoms with Gasteiger partial charge in [-0.25, -0.2) is 0 Å². The van der Waals surface area contributed by atoms with Crippen molar-refractivity contribution in [1.82, 2.24) is 0 Å². The first-order valence-corrected chi connectivity index (χ1v) is 13.0. The maximum absolute atomic E-state index is 4.47. The molecule has 0 bridgehead atoms. The molecular weight excluding hydrogens is 422 g/mol. The van der Waals surface area contributed by atoms with Gasteiger partial charge >= 0.3 is 0 Å². The first-order chi connectivity index (χ1) is 16.6. The molecule has 0 aromatic heterocycles. The van der Waals surface area contributed by atoms with Crippen molar-refractivity contribution in [2.45, 2.75) is 72.1 Å². The van der Waals surface area contributed by atoms with Gasteiger partial charge in [0.25, 0.3) is 0 Å². The van der Waals surface area contributed by atoms with E-state index >= 15 is 0 Å². The van der Waals surface area contributed by atoms with Crippen LogP contribution in [-0.4, -0.2) is 7.05 Å². The van der Waals surface area contributed by atoms with Crippen LogP contribution in [0.2, 0.25) is 0 Å². The zero-order valence-electron chi connectivity index (χ0n) is 22.9. The molecule has 4 rings (SSSR count). The Morgan fingerprint density at radius 2 is 1.63 bits per heavy atom. The molecule has 0 spiro atoms. The lowest BCUT2D eigenvalue weighted by atomic mass is 9.73. The van der Waals surface area contributed by atoms with Crippen LogP contribution in [0.15, 0.2) is 73.3 Å². The Kier molecular flexibility index (Phi) is 6.58. The Morgan fingerprint density at radius 1 is 0.971 bits per heavy atom. The molecule has 1 heteroatoms. The largest absolute Gasteiger partial charge is 0.344 e. The third-order valence-electron chi connectivity index (χ3n) is 8.65. The van der Waals surface area contributed by atoms with E-state index in [4.69, 9.17) is 0 Å². The van der Waals surface area contributed by atoms with Crippen molar-refractivity contribution < 1.29 is 0 Å². The van der Waals surface area contributed by atoms with E-state index in [2.05, 4.69) is 134 Å². The highest BCUT2D eigenvalue weighted by atomic mass is 15.1. The third-order valence-corrected chi connectivity index (χ3v) is 8.65. The summed E-state index contributed by atoms with van der Waals surface area (Å²) in [5, 5.41) is 0. The maximum atomic E-state index is 4.47. The van der Waals surface area contributed by atoms with E-state index in [9.17, 15) is 0 Å². The Bertz CT molecular complexity index is 1300. The van der Waals surface area contributed by atoms with Crippen LogP contribution in [0.5, 0.6) is 0 Å². The van der Waals surface area contributed by atoms with Crippen molar-refractivity contribution in [2.75, 3.05) is 11.9 Å². The molecule has 0 aliphatic heterocycles. The molecule has 0 heterocycles. The first kappa shape index (κ1) is 25.0. The summed E-state index contributed by atoms with van der Waals surface area (Å²) in [6, 6.07) is 20.5. The number of hydrogen-bond acceptors (Lipinski definition) is 1. The molecule has 0 saturated carbocycles. The molecule has 3 aromatic carbocycles. The van der Waals surface area contributed by atoms with E-state index in [0.717, 1.165) is 18.4 Å². The van der Waals surface area contributed by atoms with Crippen molar-refractivity contribution in [3.05, 3.63) is 101 Å². The molecule has 3 aromatic rings. The minimum atomic E-state index is 0.0305. The van der Waals surface area contributed by atoms with Crippen LogP contribution in [0.4, 0.5) is 11.4 Å². The summed E-state index contributed by atoms with van der Waals surface area (Å²) in [7, 11) is 2.19. The van der Waals surface area contributed by atoms with Crippen LogP contribution >= 0.6 is 0 Å². The second-order valence-corrected chi connectivity index (χ2v) is 10.9. The summed E-state index contributed by atoms with van der Waals surface area (Å²) in [6.45, 7) is 20.5. The van der Waals surface area contributed by atoms with E-state index in [0.29, 0.717) is 0 Å². The Balaban J connectivity index is 1.86. The van der Waals surface area contributed by atoms with Crippen LogP contribution in [0, 0.1) is 6.92 Å². The topological polar surface area (TPSA) is 3.24 Å². The fourth-order valence-electron chi connectivity index (χ4n) is 5.95. The molecule has 0 N–H and O–H groups in total. The fourth-order valence-corrected chi connectivity index (χ4v) is 5.95. The van der Waals surface area contributed by atoms with Crippen LogP contribution < -0.4 is 4.90 Å². The molecular formula is C34H41N. The number of hydrogen-bond donors (Lipinski definition) is 0. The lowest BCUT2D eigenvalue weighted by molar-refractivity contribution is 0.438. The molecule has 0 fully saturated rings. The van der Waals surface area contributed by atoms with Gasteiger partial charge in [0, 0.05) is 23.8 Å². The predicted octanol–water partition coefficient (Wildman–Crippen LogP) is 9.74. The molecule has 1 aliphatic rings. The molecule has 0 saturated heterocycles. The highest BCUT2D eigenvalue weighted by Gasteiger charge is 2.35. The smallest absolute Gasteiger partial charge is 0.0444 e. The standard InChI is InChI=1S/C34H41N/c1-10-15-23(4)32-24(5)31(21-20-30(32)34(8,11-2)12-3)35(9)25-18-19-29-27(22-25)26-16-13-14-17-28(26)33(29,6)7/h10,13-22H,4,11-12H2,1-3,5-9H3/b15-10-. The summed E-state index contributed by atoms with van der Waals surface area (Å²) in [5.41, 5.74) is 13.2.